The summed E-state index contributed by atoms with van der Waals surface area (Å²) in [6, 6.07) is 25.8. The molecule has 0 aliphatic rings. The molecule has 0 radical (unpaired) electrons. The van der Waals surface area contributed by atoms with Crippen molar-refractivity contribution in [1.82, 2.24) is 0 Å². The summed E-state index contributed by atoms with van der Waals surface area (Å²) in [5.74, 6) is -0.552. The molecule has 0 aliphatic carbocycles. The second-order valence-electron chi connectivity index (χ2n) is 5.89. The van der Waals surface area contributed by atoms with Crippen LogP contribution in [0.4, 0.5) is 5.69 Å². The normalized spacial score (nSPS) is 10.9. The number of anilines is 1. The van der Waals surface area contributed by atoms with Gasteiger partial charge in [0, 0.05) is 12.2 Å². The van der Waals surface area contributed by atoms with Crippen molar-refractivity contribution in [3.63, 3.8) is 0 Å². The number of benzene rings is 3. The highest BCUT2D eigenvalue weighted by Gasteiger charge is 2.08. The molecule has 3 aromatic carbocycles. The number of carbonyl (C=O) groups is 2. The lowest BCUT2D eigenvalue weighted by molar-refractivity contribution is -0.128. The number of hydrogen-bond donors (Lipinski definition) is 1. The van der Waals surface area contributed by atoms with E-state index in [1.807, 2.05) is 60.7 Å². The molecule has 3 rings (SSSR count). The van der Waals surface area contributed by atoms with Gasteiger partial charge in [0.1, 0.15) is 0 Å². The molecule has 1 N–H and O–H groups in total. The van der Waals surface area contributed by atoms with Gasteiger partial charge in [0.2, 0.25) is 5.91 Å². The average molecular weight is 369 g/mol. The third-order valence-corrected chi connectivity index (χ3v) is 3.79. The van der Waals surface area contributed by atoms with Gasteiger partial charge in [-0.1, -0.05) is 72.8 Å². The van der Waals surface area contributed by atoms with E-state index in [1.165, 1.54) is 12.2 Å². The van der Waals surface area contributed by atoms with Gasteiger partial charge in [0.25, 0.3) is 0 Å². The van der Waals surface area contributed by atoms with Gasteiger partial charge in [0.05, 0.1) is 5.69 Å². The summed E-state index contributed by atoms with van der Waals surface area (Å²) >= 11 is 0. The van der Waals surface area contributed by atoms with Crippen molar-refractivity contribution >= 4 is 29.7 Å². The van der Waals surface area contributed by atoms with Crippen LogP contribution in [0.15, 0.2) is 97.1 Å². The van der Waals surface area contributed by atoms with Crippen LogP contribution in [0.25, 0.3) is 12.2 Å². The van der Waals surface area contributed by atoms with Crippen molar-refractivity contribution < 1.29 is 14.3 Å². The molecule has 1 amide bonds. The Labute approximate surface area is 163 Å². The van der Waals surface area contributed by atoms with Gasteiger partial charge in [-0.25, -0.2) is 4.79 Å². The molecule has 0 aromatic heterocycles. The lowest BCUT2D eigenvalue weighted by atomic mass is 10.2. The lowest BCUT2D eigenvalue weighted by Crippen LogP contribution is -2.11. The Bertz CT molecular complexity index is 910. The predicted molar refractivity (Wildman–Crippen MR) is 112 cm³/mol. The van der Waals surface area contributed by atoms with Crippen LogP contribution in [0.5, 0.6) is 5.75 Å². The maximum atomic E-state index is 12.2. The van der Waals surface area contributed by atoms with E-state index in [2.05, 4.69) is 5.32 Å². The van der Waals surface area contributed by atoms with E-state index in [9.17, 15) is 9.59 Å². The largest absolute Gasteiger partial charge is 0.421 e. The third kappa shape index (κ3) is 5.81. The molecule has 0 saturated carbocycles. The first-order valence-corrected chi connectivity index (χ1v) is 8.79. The number of carbonyl (C=O) groups excluding carboxylic acids is 2. The maximum absolute atomic E-state index is 12.2. The zero-order valence-corrected chi connectivity index (χ0v) is 15.1. The molecular weight excluding hydrogens is 350 g/mol. The number of nitrogens with one attached hydrogen (secondary N) is 1. The minimum absolute atomic E-state index is 0.284. The van der Waals surface area contributed by atoms with Crippen LogP contribution in [-0.4, -0.2) is 11.9 Å². The van der Waals surface area contributed by atoms with E-state index >= 15 is 0 Å². The van der Waals surface area contributed by atoms with Gasteiger partial charge in [-0.15, -0.1) is 0 Å². The van der Waals surface area contributed by atoms with Crippen molar-refractivity contribution in [2.75, 3.05) is 5.32 Å². The highest BCUT2D eigenvalue weighted by molar-refractivity contribution is 6.03. The fourth-order valence-electron chi connectivity index (χ4n) is 2.44. The molecule has 0 aliphatic heterocycles. The monoisotopic (exact) mass is 369 g/mol. The summed E-state index contributed by atoms with van der Waals surface area (Å²) in [6.07, 6.45) is 6.17. The van der Waals surface area contributed by atoms with E-state index in [0.717, 1.165) is 11.1 Å². The van der Waals surface area contributed by atoms with Gasteiger partial charge in [-0.3, -0.25) is 4.79 Å². The van der Waals surface area contributed by atoms with Gasteiger partial charge in [-0.05, 0) is 35.4 Å². The molecule has 3 aromatic rings. The first-order chi connectivity index (χ1) is 13.7. The molecule has 0 bridgehead atoms. The second-order valence-corrected chi connectivity index (χ2v) is 5.89. The smallest absolute Gasteiger partial charge is 0.336 e. The Morgan fingerprint density at radius 2 is 1.21 bits per heavy atom. The highest BCUT2D eigenvalue weighted by atomic mass is 16.5. The van der Waals surface area contributed by atoms with Gasteiger partial charge in [-0.2, -0.15) is 0 Å². The van der Waals surface area contributed by atoms with Crippen molar-refractivity contribution in [2.45, 2.75) is 0 Å². The first-order valence-electron chi connectivity index (χ1n) is 8.79. The van der Waals surface area contributed by atoms with E-state index in [-0.39, 0.29) is 11.7 Å². The number of para-hydroxylation sites is 2. The highest BCUT2D eigenvalue weighted by Crippen LogP contribution is 2.24. The van der Waals surface area contributed by atoms with Crippen molar-refractivity contribution in [2.24, 2.45) is 0 Å². The number of amides is 1. The Balaban J connectivity index is 1.64. The molecule has 138 valence electrons. The molecule has 28 heavy (non-hydrogen) atoms. The number of hydrogen-bond acceptors (Lipinski definition) is 3. The van der Waals surface area contributed by atoms with Crippen LogP contribution >= 0.6 is 0 Å². The van der Waals surface area contributed by atoms with E-state index < -0.39 is 5.97 Å². The fourth-order valence-corrected chi connectivity index (χ4v) is 2.44. The molecule has 4 heteroatoms. The zero-order valence-electron chi connectivity index (χ0n) is 15.1. The van der Waals surface area contributed by atoms with Gasteiger partial charge in [0.15, 0.2) is 5.75 Å². The van der Waals surface area contributed by atoms with Crippen LogP contribution in [-0.2, 0) is 9.59 Å². The molecule has 0 atom stereocenters. The van der Waals surface area contributed by atoms with Gasteiger partial charge >= 0.3 is 5.97 Å². The second kappa shape index (κ2) is 9.69. The first kappa shape index (κ1) is 18.9. The van der Waals surface area contributed by atoms with Crippen LogP contribution in [0.3, 0.4) is 0 Å². The quantitative estimate of drug-likeness (QED) is 0.380. The van der Waals surface area contributed by atoms with Crippen molar-refractivity contribution in [3.8, 4) is 5.75 Å². The van der Waals surface area contributed by atoms with Crippen molar-refractivity contribution in [3.05, 3.63) is 108 Å². The fraction of sp³-hybridized carbons (Fsp3) is 0. The summed E-state index contributed by atoms with van der Waals surface area (Å²) < 4.78 is 5.37. The number of esters is 1. The predicted octanol–water partition coefficient (Wildman–Crippen LogP) is 4.96. The van der Waals surface area contributed by atoms with Crippen LogP contribution in [0.2, 0.25) is 0 Å². The van der Waals surface area contributed by atoms with Gasteiger partial charge < -0.3 is 10.1 Å². The minimum Gasteiger partial charge on any atom is -0.421 e. The molecule has 0 unspecified atom stereocenters. The number of ether oxygens (including phenoxy) is 1. The Kier molecular flexibility index (Phi) is 6.53. The standard InChI is InChI=1S/C24H19NO3/c26-23(17-15-19-9-3-1-4-10-19)25-21-13-7-8-14-22(21)28-24(27)18-16-20-11-5-2-6-12-20/h1-18H,(H,25,26)/b17-15+,18-16-. The summed E-state index contributed by atoms with van der Waals surface area (Å²) in [7, 11) is 0. The summed E-state index contributed by atoms with van der Waals surface area (Å²) in [6.45, 7) is 0. The summed E-state index contributed by atoms with van der Waals surface area (Å²) in [4.78, 5) is 24.3. The van der Waals surface area contributed by atoms with E-state index in [1.54, 1.807) is 36.4 Å². The maximum Gasteiger partial charge on any atom is 0.336 e. The SMILES string of the molecule is O=C(/C=C/c1ccccc1)Nc1ccccc1OC(=O)/C=C\c1ccccc1. The minimum atomic E-state index is -0.523. The summed E-state index contributed by atoms with van der Waals surface area (Å²) in [5, 5.41) is 2.73. The molecule has 4 nitrogen and oxygen atoms in total. The Morgan fingerprint density at radius 1 is 0.679 bits per heavy atom. The third-order valence-electron chi connectivity index (χ3n) is 3.79. The Morgan fingerprint density at radius 3 is 1.86 bits per heavy atom. The lowest BCUT2D eigenvalue weighted by Gasteiger charge is -2.09. The molecule has 0 spiro atoms. The molecule has 0 saturated heterocycles. The average Bonchev–Trinajstić information content (AvgIpc) is 2.74. The summed E-state index contributed by atoms with van der Waals surface area (Å²) in [5.41, 5.74) is 2.24. The Hall–Kier alpha value is -3.92. The molecule has 0 fully saturated rings. The number of rotatable bonds is 6. The van der Waals surface area contributed by atoms with Crippen LogP contribution < -0.4 is 10.1 Å². The zero-order chi connectivity index (χ0) is 19.6. The van der Waals surface area contributed by atoms with E-state index in [0.29, 0.717) is 5.69 Å². The molecular formula is C24H19NO3. The van der Waals surface area contributed by atoms with Crippen LogP contribution in [0.1, 0.15) is 11.1 Å². The van der Waals surface area contributed by atoms with E-state index in [4.69, 9.17) is 4.74 Å². The van der Waals surface area contributed by atoms with Crippen molar-refractivity contribution in [1.29, 1.82) is 0 Å². The van der Waals surface area contributed by atoms with Crippen LogP contribution in [0, 0.1) is 0 Å². The molecule has 0 heterocycles. The topological polar surface area (TPSA) is 55.4 Å².